The molecule has 0 bridgehead atoms. The van der Waals surface area contributed by atoms with E-state index in [0.29, 0.717) is 23.3 Å². The lowest BCUT2D eigenvalue weighted by Gasteiger charge is -2.08. The lowest BCUT2D eigenvalue weighted by molar-refractivity contribution is -0.384. The second-order valence-electron chi connectivity index (χ2n) is 4.61. The van der Waals surface area contributed by atoms with E-state index in [1.807, 2.05) is 0 Å². The van der Waals surface area contributed by atoms with Gasteiger partial charge in [-0.15, -0.1) is 0 Å². The van der Waals surface area contributed by atoms with E-state index in [1.165, 1.54) is 29.6 Å². The van der Waals surface area contributed by atoms with Gasteiger partial charge in [0.15, 0.2) is 0 Å². The number of nitrogens with one attached hydrogen (secondary N) is 1. The molecule has 6 nitrogen and oxygen atoms in total. The molecule has 2 aromatic heterocycles. The summed E-state index contributed by atoms with van der Waals surface area (Å²) >= 11 is 1.65. The normalized spacial score (nSPS) is 10.7. The Bertz CT molecular complexity index is 816. The summed E-state index contributed by atoms with van der Waals surface area (Å²) in [5.74, 6) is 0.606. The molecule has 7 heteroatoms. The molecule has 21 heavy (non-hydrogen) atoms. The average Bonchev–Trinajstić information content (AvgIpc) is 2.89. The lowest BCUT2D eigenvalue weighted by atomic mass is 10.2. The van der Waals surface area contributed by atoms with Crippen LogP contribution in [0.1, 0.15) is 11.1 Å². The third-order valence-electron chi connectivity index (χ3n) is 3.24. The van der Waals surface area contributed by atoms with Gasteiger partial charge >= 0.3 is 0 Å². The Morgan fingerprint density at radius 1 is 1.33 bits per heavy atom. The summed E-state index contributed by atoms with van der Waals surface area (Å²) in [7, 11) is 0. The van der Waals surface area contributed by atoms with Gasteiger partial charge in [-0.25, -0.2) is 9.97 Å². The van der Waals surface area contributed by atoms with Crippen LogP contribution in [0.25, 0.3) is 10.9 Å². The summed E-state index contributed by atoms with van der Waals surface area (Å²) in [6.45, 7) is 2.68. The van der Waals surface area contributed by atoms with Crippen LogP contribution in [-0.2, 0) is 6.54 Å². The summed E-state index contributed by atoms with van der Waals surface area (Å²) < 4.78 is 0. The molecule has 0 amide bonds. The number of nitrogens with zero attached hydrogens (tertiary/aromatic N) is 3. The number of hydrogen-bond donors (Lipinski definition) is 1. The number of aryl methyl sites for hydroxylation is 1. The first-order valence-electron chi connectivity index (χ1n) is 6.30. The predicted molar refractivity (Wildman–Crippen MR) is 82.6 cm³/mol. The molecular formula is C14H12N4O2S. The molecule has 0 saturated carbocycles. The highest BCUT2D eigenvalue weighted by Crippen LogP contribution is 2.25. The van der Waals surface area contributed by atoms with E-state index in [1.54, 1.807) is 17.4 Å². The van der Waals surface area contributed by atoms with Crippen LogP contribution >= 0.6 is 11.3 Å². The van der Waals surface area contributed by atoms with Crippen LogP contribution < -0.4 is 5.32 Å². The first-order valence-corrected chi connectivity index (χ1v) is 7.24. The predicted octanol–water partition coefficient (Wildman–Crippen LogP) is 3.52. The average molecular weight is 300 g/mol. The number of aromatic nitrogens is 2. The van der Waals surface area contributed by atoms with Crippen molar-refractivity contribution in [2.24, 2.45) is 0 Å². The smallest absolute Gasteiger partial charge is 0.270 e. The third kappa shape index (κ3) is 2.68. The van der Waals surface area contributed by atoms with E-state index < -0.39 is 4.92 Å². The van der Waals surface area contributed by atoms with Gasteiger partial charge in [-0.2, -0.15) is 11.3 Å². The van der Waals surface area contributed by atoms with Crippen LogP contribution in [0.15, 0.2) is 35.3 Å². The topological polar surface area (TPSA) is 81.0 Å². The Hall–Kier alpha value is -2.54. The first-order chi connectivity index (χ1) is 10.1. The molecule has 0 unspecified atom stereocenters. The zero-order valence-corrected chi connectivity index (χ0v) is 12.1. The van der Waals surface area contributed by atoms with Gasteiger partial charge in [0.1, 0.15) is 12.1 Å². The van der Waals surface area contributed by atoms with Crippen molar-refractivity contribution in [3.8, 4) is 0 Å². The Balaban J connectivity index is 1.95. The number of hydrogen-bond acceptors (Lipinski definition) is 6. The number of fused-ring (bicyclic) bond motifs is 1. The number of thiophene rings is 1. The molecule has 0 saturated heterocycles. The maximum atomic E-state index is 10.9. The van der Waals surface area contributed by atoms with Crippen molar-refractivity contribution in [1.82, 2.24) is 9.97 Å². The van der Waals surface area contributed by atoms with Gasteiger partial charge in [-0.05, 0) is 34.9 Å². The molecule has 2 heterocycles. The standard InChI is InChI=1S/C14H12N4O2S/c1-9-6-21-7-10(9)5-15-14-12-4-11(18(19)20)2-3-13(12)16-8-17-14/h2-4,6-8H,5H2,1H3,(H,15,16,17). The first kappa shape index (κ1) is 13.4. The molecule has 0 atom stereocenters. The number of nitro benzene ring substituents is 1. The van der Waals surface area contributed by atoms with E-state index in [2.05, 4.69) is 33.0 Å². The molecule has 3 aromatic rings. The zero-order chi connectivity index (χ0) is 14.8. The molecule has 0 radical (unpaired) electrons. The van der Waals surface area contributed by atoms with E-state index in [0.717, 1.165) is 0 Å². The van der Waals surface area contributed by atoms with Gasteiger partial charge in [0, 0.05) is 24.1 Å². The van der Waals surface area contributed by atoms with Gasteiger partial charge < -0.3 is 5.32 Å². The maximum Gasteiger partial charge on any atom is 0.270 e. The summed E-state index contributed by atoms with van der Waals surface area (Å²) in [5, 5.41) is 18.9. The van der Waals surface area contributed by atoms with Crippen molar-refractivity contribution in [1.29, 1.82) is 0 Å². The SMILES string of the molecule is Cc1cscc1CNc1ncnc2ccc([N+](=O)[O-])cc12. The summed E-state index contributed by atoms with van der Waals surface area (Å²) in [6.07, 6.45) is 1.46. The number of non-ortho nitro benzene ring substituents is 1. The van der Waals surface area contributed by atoms with Crippen molar-refractivity contribution in [3.63, 3.8) is 0 Å². The second-order valence-corrected chi connectivity index (χ2v) is 5.36. The van der Waals surface area contributed by atoms with Crippen molar-refractivity contribution >= 4 is 33.7 Å². The molecule has 106 valence electrons. The summed E-state index contributed by atoms with van der Waals surface area (Å²) in [6, 6.07) is 4.58. The van der Waals surface area contributed by atoms with E-state index >= 15 is 0 Å². The van der Waals surface area contributed by atoms with Gasteiger partial charge in [-0.1, -0.05) is 0 Å². The Morgan fingerprint density at radius 3 is 2.90 bits per heavy atom. The Morgan fingerprint density at radius 2 is 2.19 bits per heavy atom. The van der Waals surface area contributed by atoms with Crippen LogP contribution in [0.4, 0.5) is 11.5 Å². The molecule has 1 N–H and O–H groups in total. The molecule has 3 rings (SSSR count). The van der Waals surface area contributed by atoms with Gasteiger partial charge in [-0.3, -0.25) is 10.1 Å². The minimum absolute atomic E-state index is 0.0343. The van der Waals surface area contributed by atoms with E-state index in [9.17, 15) is 10.1 Å². The third-order valence-corrected chi connectivity index (χ3v) is 4.15. The van der Waals surface area contributed by atoms with Crippen LogP contribution in [0.3, 0.4) is 0 Å². The van der Waals surface area contributed by atoms with Gasteiger partial charge in [0.05, 0.1) is 10.4 Å². The van der Waals surface area contributed by atoms with Crippen LogP contribution in [0.5, 0.6) is 0 Å². The molecule has 0 aliphatic rings. The van der Waals surface area contributed by atoms with Crippen LogP contribution in [0.2, 0.25) is 0 Å². The summed E-state index contributed by atoms with van der Waals surface area (Å²) in [4.78, 5) is 18.8. The molecule has 0 spiro atoms. The van der Waals surface area contributed by atoms with Crippen LogP contribution in [0, 0.1) is 17.0 Å². The van der Waals surface area contributed by atoms with Crippen molar-refractivity contribution in [3.05, 3.63) is 56.5 Å². The molecule has 0 aliphatic carbocycles. The number of rotatable bonds is 4. The fourth-order valence-corrected chi connectivity index (χ4v) is 2.90. The molecule has 0 fully saturated rings. The highest BCUT2D eigenvalue weighted by Gasteiger charge is 2.10. The minimum Gasteiger partial charge on any atom is -0.365 e. The highest BCUT2D eigenvalue weighted by atomic mass is 32.1. The molecule has 1 aromatic carbocycles. The van der Waals surface area contributed by atoms with Crippen molar-refractivity contribution in [2.45, 2.75) is 13.5 Å². The lowest BCUT2D eigenvalue weighted by Crippen LogP contribution is -2.03. The maximum absolute atomic E-state index is 10.9. The van der Waals surface area contributed by atoms with Crippen molar-refractivity contribution < 1.29 is 4.92 Å². The largest absolute Gasteiger partial charge is 0.365 e. The number of anilines is 1. The van der Waals surface area contributed by atoms with Gasteiger partial charge in [0.25, 0.3) is 5.69 Å². The van der Waals surface area contributed by atoms with Crippen LogP contribution in [-0.4, -0.2) is 14.9 Å². The highest BCUT2D eigenvalue weighted by molar-refractivity contribution is 7.08. The zero-order valence-electron chi connectivity index (χ0n) is 11.2. The minimum atomic E-state index is -0.417. The Kier molecular flexibility index (Phi) is 3.49. The van der Waals surface area contributed by atoms with Crippen molar-refractivity contribution in [2.75, 3.05) is 5.32 Å². The Labute approximate surface area is 124 Å². The monoisotopic (exact) mass is 300 g/mol. The van der Waals surface area contributed by atoms with E-state index in [4.69, 9.17) is 0 Å². The molecule has 0 aliphatic heterocycles. The fraction of sp³-hybridized carbons (Fsp3) is 0.143. The van der Waals surface area contributed by atoms with Gasteiger partial charge in [0.2, 0.25) is 0 Å². The number of benzene rings is 1. The summed E-state index contributed by atoms with van der Waals surface area (Å²) in [5.41, 5.74) is 3.13. The fourth-order valence-electron chi connectivity index (χ4n) is 2.05. The van der Waals surface area contributed by atoms with E-state index in [-0.39, 0.29) is 5.69 Å². The quantitative estimate of drug-likeness (QED) is 0.589. The molecular weight excluding hydrogens is 288 g/mol. The second kappa shape index (κ2) is 5.45. The number of nitro groups is 1.